The van der Waals surface area contributed by atoms with Crippen LogP contribution in [0.15, 0.2) is 152 Å². The first-order valence-corrected chi connectivity index (χ1v) is 14.1. The summed E-state index contributed by atoms with van der Waals surface area (Å²) in [6, 6.07) is 54.7. The lowest BCUT2D eigenvalue weighted by Crippen LogP contribution is -2.10. The molecule has 7 aromatic rings. The molecule has 0 radical (unpaired) electrons. The lowest BCUT2D eigenvalue weighted by molar-refractivity contribution is 1.18. The van der Waals surface area contributed by atoms with Gasteiger partial charge in [-0.2, -0.15) is 0 Å². The van der Waals surface area contributed by atoms with Crippen LogP contribution in [0.4, 0.5) is 17.1 Å². The van der Waals surface area contributed by atoms with Crippen LogP contribution in [0.3, 0.4) is 0 Å². The van der Waals surface area contributed by atoms with Crippen molar-refractivity contribution in [2.45, 2.75) is 6.42 Å². The molecule has 0 atom stereocenters. The number of anilines is 3. The minimum Gasteiger partial charge on any atom is -0.310 e. The van der Waals surface area contributed by atoms with Gasteiger partial charge >= 0.3 is 0 Å². The van der Waals surface area contributed by atoms with Gasteiger partial charge in [0.1, 0.15) is 0 Å². The van der Waals surface area contributed by atoms with Crippen molar-refractivity contribution in [3.8, 4) is 11.1 Å². The number of hydrogen-bond acceptors (Lipinski definition) is 2. The molecule has 186 valence electrons. The van der Waals surface area contributed by atoms with Gasteiger partial charge in [0, 0.05) is 37.2 Å². The third-order valence-electron chi connectivity index (χ3n) is 7.23. The highest BCUT2D eigenvalue weighted by molar-refractivity contribution is 7.25. The van der Waals surface area contributed by atoms with E-state index in [-0.39, 0.29) is 0 Å². The van der Waals surface area contributed by atoms with Crippen LogP contribution in [0, 0.1) is 0 Å². The molecule has 39 heavy (non-hydrogen) atoms. The molecule has 6 aromatic carbocycles. The summed E-state index contributed by atoms with van der Waals surface area (Å²) in [6.07, 6.45) is 0.881. The van der Waals surface area contributed by atoms with Crippen molar-refractivity contribution >= 4 is 48.6 Å². The van der Waals surface area contributed by atoms with Gasteiger partial charge in [-0.1, -0.05) is 109 Å². The Balaban J connectivity index is 1.42. The SMILES string of the molecule is c1ccc(Cc2cc(-c3ccccc3)cc(N(c3ccccc3)c3ccc4c(c3)sc3ccccc34)c2)cc1. The Morgan fingerprint density at radius 3 is 1.87 bits per heavy atom. The third-order valence-corrected chi connectivity index (χ3v) is 8.36. The Morgan fingerprint density at radius 2 is 1.08 bits per heavy atom. The monoisotopic (exact) mass is 517 g/mol. The van der Waals surface area contributed by atoms with Crippen LogP contribution in [0.2, 0.25) is 0 Å². The van der Waals surface area contributed by atoms with Crippen molar-refractivity contribution in [1.29, 1.82) is 0 Å². The summed E-state index contributed by atoms with van der Waals surface area (Å²) in [4.78, 5) is 2.39. The summed E-state index contributed by atoms with van der Waals surface area (Å²) in [5.74, 6) is 0. The minimum atomic E-state index is 0.881. The van der Waals surface area contributed by atoms with Crippen molar-refractivity contribution in [3.05, 3.63) is 163 Å². The summed E-state index contributed by atoms with van der Waals surface area (Å²) in [5, 5.41) is 2.64. The first-order valence-electron chi connectivity index (χ1n) is 13.3. The zero-order valence-corrected chi connectivity index (χ0v) is 22.3. The molecule has 0 saturated carbocycles. The average Bonchev–Trinajstić information content (AvgIpc) is 3.37. The van der Waals surface area contributed by atoms with Crippen molar-refractivity contribution < 1.29 is 0 Å². The molecule has 0 saturated heterocycles. The minimum absolute atomic E-state index is 0.881. The number of thiophene rings is 1. The van der Waals surface area contributed by atoms with E-state index in [9.17, 15) is 0 Å². The summed E-state index contributed by atoms with van der Waals surface area (Å²) in [7, 11) is 0. The average molecular weight is 518 g/mol. The number of benzene rings is 6. The molecular formula is C37H27NS. The van der Waals surface area contributed by atoms with E-state index in [1.54, 1.807) is 0 Å². The third kappa shape index (κ3) is 4.71. The van der Waals surface area contributed by atoms with Crippen LogP contribution >= 0.6 is 11.3 Å². The summed E-state index contributed by atoms with van der Waals surface area (Å²) < 4.78 is 2.63. The van der Waals surface area contributed by atoms with Gasteiger partial charge in [-0.25, -0.2) is 0 Å². The molecule has 1 nitrogen and oxygen atoms in total. The largest absolute Gasteiger partial charge is 0.310 e. The van der Waals surface area contributed by atoms with E-state index in [1.807, 2.05) is 11.3 Å². The summed E-state index contributed by atoms with van der Waals surface area (Å²) >= 11 is 1.86. The maximum atomic E-state index is 2.39. The lowest BCUT2D eigenvalue weighted by Gasteiger charge is -2.27. The van der Waals surface area contributed by atoms with E-state index in [0.717, 1.165) is 23.5 Å². The molecule has 7 rings (SSSR count). The molecule has 0 unspecified atom stereocenters. The first kappa shape index (κ1) is 23.5. The molecule has 0 N–H and O–H groups in total. The highest BCUT2D eigenvalue weighted by atomic mass is 32.1. The Labute approximate surface area is 233 Å². The maximum absolute atomic E-state index is 2.39. The quantitative estimate of drug-likeness (QED) is 0.212. The molecular weight excluding hydrogens is 490 g/mol. The second-order valence-corrected chi connectivity index (χ2v) is 10.9. The van der Waals surface area contributed by atoms with Crippen LogP contribution in [0.1, 0.15) is 11.1 Å². The molecule has 0 amide bonds. The summed E-state index contributed by atoms with van der Waals surface area (Å²) in [5.41, 5.74) is 8.52. The van der Waals surface area contributed by atoms with Crippen LogP contribution in [-0.2, 0) is 6.42 Å². The van der Waals surface area contributed by atoms with Gasteiger partial charge in [-0.05, 0) is 71.1 Å². The van der Waals surface area contributed by atoms with E-state index in [2.05, 4.69) is 157 Å². The zero-order chi connectivity index (χ0) is 26.0. The first-order chi connectivity index (χ1) is 19.3. The predicted octanol–water partition coefficient (Wildman–Crippen LogP) is 10.8. The van der Waals surface area contributed by atoms with Crippen molar-refractivity contribution in [1.82, 2.24) is 0 Å². The number of nitrogens with zero attached hydrogens (tertiary/aromatic N) is 1. The van der Waals surface area contributed by atoms with E-state index in [1.165, 1.54) is 42.4 Å². The zero-order valence-electron chi connectivity index (χ0n) is 21.5. The van der Waals surface area contributed by atoms with Crippen LogP contribution in [-0.4, -0.2) is 0 Å². The fourth-order valence-corrected chi connectivity index (χ4v) is 6.55. The molecule has 0 aliphatic heterocycles. The maximum Gasteiger partial charge on any atom is 0.0476 e. The Kier molecular flexibility index (Phi) is 6.16. The summed E-state index contributed by atoms with van der Waals surface area (Å²) in [6.45, 7) is 0. The predicted molar refractivity (Wildman–Crippen MR) is 169 cm³/mol. The van der Waals surface area contributed by atoms with E-state index >= 15 is 0 Å². The van der Waals surface area contributed by atoms with E-state index < -0.39 is 0 Å². The van der Waals surface area contributed by atoms with Gasteiger partial charge in [-0.15, -0.1) is 11.3 Å². The van der Waals surface area contributed by atoms with Crippen LogP contribution < -0.4 is 4.90 Å². The number of fused-ring (bicyclic) bond motifs is 3. The van der Waals surface area contributed by atoms with Gasteiger partial charge in [0.15, 0.2) is 0 Å². The Bertz CT molecular complexity index is 1870. The Hall–Kier alpha value is -4.66. The smallest absolute Gasteiger partial charge is 0.0476 e. The molecule has 1 aromatic heterocycles. The number of para-hydroxylation sites is 1. The second-order valence-electron chi connectivity index (χ2n) is 9.87. The molecule has 2 heteroatoms. The van der Waals surface area contributed by atoms with Crippen LogP contribution in [0.5, 0.6) is 0 Å². The molecule has 1 heterocycles. The lowest BCUT2D eigenvalue weighted by atomic mass is 9.97. The molecule has 0 spiro atoms. The van der Waals surface area contributed by atoms with Gasteiger partial charge in [-0.3, -0.25) is 0 Å². The Morgan fingerprint density at radius 1 is 0.410 bits per heavy atom. The van der Waals surface area contributed by atoms with Gasteiger partial charge in [0.05, 0.1) is 0 Å². The highest BCUT2D eigenvalue weighted by Crippen LogP contribution is 2.41. The van der Waals surface area contributed by atoms with Gasteiger partial charge in [0.25, 0.3) is 0 Å². The molecule has 0 bridgehead atoms. The van der Waals surface area contributed by atoms with Crippen molar-refractivity contribution in [3.63, 3.8) is 0 Å². The van der Waals surface area contributed by atoms with E-state index in [0.29, 0.717) is 0 Å². The van der Waals surface area contributed by atoms with Gasteiger partial charge < -0.3 is 4.90 Å². The van der Waals surface area contributed by atoms with Gasteiger partial charge in [0.2, 0.25) is 0 Å². The highest BCUT2D eigenvalue weighted by Gasteiger charge is 2.16. The van der Waals surface area contributed by atoms with Crippen molar-refractivity contribution in [2.75, 3.05) is 4.90 Å². The van der Waals surface area contributed by atoms with E-state index in [4.69, 9.17) is 0 Å². The topological polar surface area (TPSA) is 3.24 Å². The standard InChI is InChI=1S/C37H27NS/c1-4-12-27(13-5-1)22-28-23-30(29-14-6-2-7-15-29)25-33(24-28)38(31-16-8-3-9-17-31)32-20-21-35-34-18-10-11-19-36(34)39-37(35)26-32/h1-21,23-26H,22H2. The van der Waals surface area contributed by atoms with Crippen molar-refractivity contribution in [2.24, 2.45) is 0 Å². The number of hydrogen-bond donors (Lipinski definition) is 0. The molecule has 0 aliphatic carbocycles. The molecule has 0 aliphatic rings. The second kappa shape index (κ2) is 10.2. The normalized spacial score (nSPS) is 11.2. The molecule has 0 fully saturated rings. The van der Waals surface area contributed by atoms with Crippen LogP contribution in [0.25, 0.3) is 31.3 Å². The fourth-order valence-electron chi connectivity index (χ4n) is 5.41. The number of rotatable bonds is 6. The fraction of sp³-hybridized carbons (Fsp3) is 0.0270.